The van der Waals surface area contributed by atoms with Crippen LogP contribution in [-0.4, -0.2) is 55.4 Å². The van der Waals surface area contributed by atoms with Crippen LogP contribution in [0.15, 0.2) is 36.8 Å². The second-order valence-electron chi connectivity index (χ2n) is 8.79. The number of piperidine rings is 1. The Morgan fingerprint density at radius 3 is 2.57 bits per heavy atom. The van der Waals surface area contributed by atoms with Crippen LogP contribution >= 0.6 is 0 Å². The number of rotatable bonds is 9. The van der Waals surface area contributed by atoms with Gasteiger partial charge in [0.25, 0.3) is 5.91 Å². The summed E-state index contributed by atoms with van der Waals surface area (Å²) >= 11 is 0. The van der Waals surface area contributed by atoms with Gasteiger partial charge in [-0.3, -0.25) is 14.7 Å². The lowest BCUT2D eigenvalue weighted by atomic mass is 9.88. The largest absolute Gasteiger partial charge is 0.367 e. The van der Waals surface area contributed by atoms with Crippen molar-refractivity contribution in [1.82, 2.24) is 24.8 Å². The van der Waals surface area contributed by atoms with Gasteiger partial charge in [0.2, 0.25) is 0 Å². The van der Waals surface area contributed by atoms with E-state index in [2.05, 4.69) is 50.4 Å². The second kappa shape index (κ2) is 11.1. The average Bonchev–Trinajstić information content (AvgIpc) is 2.87. The molecule has 10 heteroatoms. The highest BCUT2D eigenvalue weighted by molar-refractivity contribution is 5.92. The molecule has 35 heavy (non-hydrogen) atoms. The smallest absolute Gasteiger partial charge is 0.268 e. The molecule has 3 aromatic heterocycles. The fourth-order valence-corrected chi connectivity index (χ4v) is 4.88. The number of fused-ring (bicyclic) bond motifs is 1. The molecule has 1 aliphatic rings. The number of nitrogens with zero attached hydrogens (tertiary/aromatic N) is 6. The predicted octanol–water partition coefficient (Wildman–Crippen LogP) is 3.61. The monoisotopic (exact) mass is 473 g/mol. The Morgan fingerprint density at radius 1 is 1.17 bits per heavy atom. The van der Waals surface area contributed by atoms with Gasteiger partial charge in [-0.15, -0.1) is 0 Å². The molecule has 3 aromatic rings. The Labute approximate surface area is 205 Å². The van der Waals surface area contributed by atoms with Crippen molar-refractivity contribution in [3.63, 3.8) is 0 Å². The van der Waals surface area contributed by atoms with Gasteiger partial charge < -0.3 is 16.4 Å². The highest BCUT2D eigenvalue weighted by Crippen LogP contribution is 2.31. The third-order valence-corrected chi connectivity index (χ3v) is 6.58. The molecule has 1 saturated heterocycles. The van der Waals surface area contributed by atoms with Crippen molar-refractivity contribution in [2.45, 2.75) is 64.1 Å². The standard InChI is InChI=1S/C25H31N9O/c1-3-17-11-16(12-18(4-2)34(17)10-6-8-26)31-25-19-7-5-9-28-20(19)13-22(33-25)32-23-15-29-21(14-30-23)24(27)35/h5,7,9,13-18H,3-4,6,10-12H2,1-2H3,(H2,27,35)(H2,30,31,32,33). The lowest BCUT2D eigenvalue weighted by Crippen LogP contribution is -2.52. The third-order valence-electron chi connectivity index (χ3n) is 6.58. The summed E-state index contributed by atoms with van der Waals surface area (Å²) < 4.78 is 0. The van der Waals surface area contributed by atoms with E-state index in [1.54, 1.807) is 6.20 Å². The Morgan fingerprint density at radius 2 is 1.94 bits per heavy atom. The summed E-state index contributed by atoms with van der Waals surface area (Å²) in [5, 5.41) is 16.9. The van der Waals surface area contributed by atoms with Gasteiger partial charge in [-0.1, -0.05) is 13.8 Å². The molecule has 1 aliphatic heterocycles. The van der Waals surface area contributed by atoms with Crippen LogP contribution in [0, 0.1) is 11.3 Å². The summed E-state index contributed by atoms with van der Waals surface area (Å²) in [5.74, 6) is 1.16. The molecule has 182 valence electrons. The number of likely N-dealkylation sites (tertiary alicyclic amines) is 1. The molecule has 1 fully saturated rings. The molecule has 4 N–H and O–H groups in total. The minimum atomic E-state index is -0.627. The molecule has 0 bridgehead atoms. The van der Waals surface area contributed by atoms with Crippen molar-refractivity contribution >= 4 is 34.3 Å². The van der Waals surface area contributed by atoms with Crippen molar-refractivity contribution in [2.75, 3.05) is 17.2 Å². The molecule has 4 rings (SSSR count). The molecule has 0 aromatic carbocycles. The van der Waals surface area contributed by atoms with E-state index in [1.165, 1.54) is 12.4 Å². The van der Waals surface area contributed by atoms with Gasteiger partial charge in [-0.25, -0.2) is 15.0 Å². The molecule has 1 amide bonds. The number of nitriles is 1. The van der Waals surface area contributed by atoms with Gasteiger partial charge in [0.05, 0.1) is 24.0 Å². The number of amides is 1. The molecule has 0 saturated carbocycles. The minimum Gasteiger partial charge on any atom is -0.367 e. The van der Waals surface area contributed by atoms with Crippen LogP contribution in [0.25, 0.3) is 10.9 Å². The summed E-state index contributed by atoms with van der Waals surface area (Å²) in [5.41, 5.74) is 6.16. The van der Waals surface area contributed by atoms with Crippen molar-refractivity contribution in [3.8, 4) is 6.07 Å². The van der Waals surface area contributed by atoms with Gasteiger partial charge in [0.15, 0.2) is 0 Å². The first-order valence-corrected chi connectivity index (χ1v) is 12.1. The molecule has 4 heterocycles. The van der Waals surface area contributed by atoms with E-state index in [4.69, 9.17) is 16.0 Å². The lowest BCUT2D eigenvalue weighted by molar-refractivity contribution is 0.0735. The van der Waals surface area contributed by atoms with Crippen LogP contribution in [-0.2, 0) is 0 Å². The summed E-state index contributed by atoms with van der Waals surface area (Å²) in [6, 6.07) is 9.17. The summed E-state index contributed by atoms with van der Waals surface area (Å²) in [4.78, 5) is 31.4. The van der Waals surface area contributed by atoms with Crippen LogP contribution in [0.2, 0.25) is 0 Å². The molecular formula is C25H31N9O. The van der Waals surface area contributed by atoms with Crippen LogP contribution < -0.4 is 16.4 Å². The maximum atomic E-state index is 11.3. The first-order valence-electron chi connectivity index (χ1n) is 12.1. The first kappa shape index (κ1) is 24.3. The maximum absolute atomic E-state index is 11.3. The number of carbonyl (C=O) groups excluding carboxylic acids is 1. The zero-order valence-electron chi connectivity index (χ0n) is 20.1. The number of pyridine rings is 2. The van der Waals surface area contributed by atoms with Crippen LogP contribution in [0.3, 0.4) is 0 Å². The molecular weight excluding hydrogens is 442 g/mol. The second-order valence-corrected chi connectivity index (χ2v) is 8.79. The van der Waals surface area contributed by atoms with E-state index in [0.29, 0.717) is 30.1 Å². The number of nitrogens with one attached hydrogen (secondary N) is 2. The Hall–Kier alpha value is -3.84. The number of aromatic nitrogens is 4. The highest BCUT2D eigenvalue weighted by atomic mass is 16.1. The Balaban J connectivity index is 1.58. The van der Waals surface area contributed by atoms with Crippen molar-refractivity contribution < 1.29 is 4.79 Å². The van der Waals surface area contributed by atoms with E-state index in [0.717, 1.165) is 48.9 Å². The lowest BCUT2D eigenvalue weighted by Gasteiger charge is -2.45. The summed E-state index contributed by atoms with van der Waals surface area (Å²) in [7, 11) is 0. The number of hydrogen-bond donors (Lipinski definition) is 3. The highest BCUT2D eigenvalue weighted by Gasteiger charge is 2.33. The average molecular weight is 474 g/mol. The van der Waals surface area contributed by atoms with E-state index in [-0.39, 0.29) is 11.7 Å². The van der Waals surface area contributed by atoms with E-state index >= 15 is 0 Å². The quantitative estimate of drug-likeness (QED) is 0.424. The number of primary amides is 1. The Bertz CT molecular complexity index is 1190. The fraction of sp³-hybridized carbons (Fsp3) is 0.440. The number of anilines is 3. The number of nitrogens with two attached hydrogens (primary N) is 1. The number of carbonyl (C=O) groups is 1. The van der Waals surface area contributed by atoms with E-state index in [1.807, 2.05) is 18.2 Å². The summed E-state index contributed by atoms with van der Waals surface area (Å²) in [6.07, 6.45) is 9.14. The molecule has 10 nitrogen and oxygen atoms in total. The van der Waals surface area contributed by atoms with E-state index < -0.39 is 5.91 Å². The summed E-state index contributed by atoms with van der Waals surface area (Å²) in [6.45, 7) is 5.25. The molecule has 0 radical (unpaired) electrons. The first-order chi connectivity index (χ1) is 17.0. The van der Waals surface area contributed by atoms with Gasteiger partial charge >= 0.3 is 0 Å². The van der Waals surface area contributed by atoms with E-state index in [9.17, 15) is 4.79 Å². The fourth-order valence-electron chi connectivity index (χ4n) is 4.88. The van der Waals surface area contributed by atoms with Crippen molar-refractivity contribution in [2.24, 2.45) is 5.73 Å². The normalized spacial score (nSPS) is 20.3. The molecule has 0 spiro atoms. The maximum Gasteiger partial charge on any atom is 0.268 e. The zero-order chi connectivity index (χ0) is 24.8. The molecule has 0 aliphatic carbocycles. The molecule has 2 unspecified atom stereocenters. The zero-order valence-corrected chi connectivity index (χ0v) is 20.1. The van der Waals surface area contributed by atoms with Crippen LogP contribution in [0.5, 0.6) is 0 Å². The topological polar surface area (TPSA) is 146 Å². The van der Waals surface area contributed by atoms with Gasteiger partial charge in [-0.05, 0) is 37.8 Å². The van der Waals surface area contributed by atoms with Crippen LogP contribution in [0.1, 0.15) is 56.4 Å². The SMILES string of the molecule is CCC1CC(Nc2nc(Nc3cnc(C(N)=O)cn3)cc3ncccc23)CC(CC)N1CCC#N. The Kier molecular flexibility index (Phi) is 7.67. The van der Waals surface area contributed by atoms with Crippen molar-refractivity contribution in [3.05, 3.63) is 42.5 Å². The molecule has 2 atom stereocenters. The minimum absolute atomic E-state index is 0.100. The predicted molar refractivity (Wildman–Crippen MR) is 135 cm³/mol. The van der Waals surface area contributed by atoms with Crippen molar-refractivity contribution in [1.29, 1.82) is 5.26 Å². The third kappa shape index (κ3) is 5.63. The van der Waals surface area contributed by atoms with Crippen LogP contribution in [0.4, 0.5) is 17.5 Å². The number of hydrogen-bond acceptors (Lipinski definition) is 9. The van der Waals surface area contributed by atoms with Gasteiger partial charge in [0, 0.05) is 48.7 Å². The van der Waals surface area contributed by atoms with Gasteiger partial charge in [-0.2, -0.15) is 5.26 Å². The van der Waals surface area contributed by atoms with Gasteiger partial charge in [0.1, 0.15) is 23.1 Å².